The first-order valence-electron chi connectivity index (χ1n) is 6.43. The zero-order valence-electron chi connectivity index (χ0n) is 10.8. The van der Waals surface area contributed by atoms with Crippen LogP contribution in [0.25, 0.3) is 0 Å². The minimum atomic E-state index is 0.722. The van der Waals surface area contributed by atoms with Crippen molar-refractivity contribution in [2.24, 2.45) is 0 Å². The molecule has 1 aromatic carbocycles. The highest BCUT2D eigenvalue weighted by molar-refractivity contribution is 5.58. The number of rotatable bonds is 4. The zero-order valence-corrected chi connectivity index (χ0v) is 10.8. The predicted molar refractivity (Wildman–Crippen MR) is 74.6 cm³/mol. The fourth-order valence-corrected chi connectivity index (χ4v) is 2.16. The second-order valence-electron chi connectivity index (χ2n) is 4.65. The summed E-state index contributed by atoms with van der Waals surface area (Å²) in [5.41, 5.74) is 4.36. The van der Waals surface area contributed by atoms with E-state index in [1.54, 1.807) is 0 Å². The number of benzene rings is 1. The van der Waals surface area contributed by atoms with Gasteiger partial charge >= 0.3 is 0 Å². The van der Waals surface area contributed by atoms with E-state index in [2.05, 4.69) is 22.8 Å². The Morgan fingerprint density at radius 3 is 3.06 bits per heavy atom. The van der Waals surface area contributed by atoms with Crippen LogP contribution in [0.5, 0.6) is 0 Å². The highest BCUT2D eigenvalue weighted by Gasteiger charge is 2.04. The molecule has 0 spiro atoms. The Kier molecular flexibility index (Phi) is 4.38. The van der Waals surface area contributed by atoms with Crippen molar-refractivity contribution in [2.45, 2.75) is 19.8 Å². The van der Waals surface area contributed by atoms with Gasteiger partial charge in [-0.05, 0) is 44.0 Å². The van der Waals surface area contributed by atoms with Gasteiger partial charge in [0, 0.05) is 13.1 Å². The maximum atomic E-state index is 9.05. The first-order chi connectivity index (χ1) is 8.79. The molecule has 1 aliphatic rings. The summed E-state index contributed by atoms with van der Waals surface area (Å²) in [5.74, 6) is 0. The summed E-state index contributed by atoms with van der Waals surface area (Å²) in [6.45, 7) is 5.01. The van der Waals surface area contributed by atoms with Gasteiger partial charge in [0.25, 0.3) is 0 Å². The lowest BCUT2D eigenvalue weighted by Crippen LogP contribution is -2.21. The zero-order chi connectivity index (χ0) is 12.8. The van der Waals surface area contributed by atoms with Crippen molar-refractivity contribution in [3.8, 4) is 6.07 Å². The Labute approximate surface area is 109 Å². The molecular weight excluding hydrogens is 222 g/mol. The van der Waals surface area contributed by atoms with Crippen LogP contribution in [0.3, 0.4) is 0 Å². The molecular formula is C15H19N3. The lowest BCUT2D eigenvalue weighted by atomic mass is 10.1. The first kappa shape index (κ1) is 12.7. The smallest absolute Gasteiger partial charge is 0.101 e. The van der Waals surface area contributed by atoms with Crippen LogP contribution >= 0.6 is 0 Å². The summed E-state index contributed by atoms with van der Waals surface area (Å²) in [5, 5.41) is 15.7. The number of hydrogen-bond acceptors (Lipinski definition) is 3. The normalized spacial score (nSPS) is 14.8. The Balaban J connectivity index is 1.92. The Hall–Kier alpha value is -1.79. The molecule has 3 heteroatoms. The van der Waals surface area contributed by atoms with Gasteiger partial charge in [-0.15, -0.1) is 0 Å². The lowest BCUT2D eigenvalue weighted by Gasteiger charge is -2.15. The highest BCUT2D eigenvalue weighted by atomic mass is 14.9. The highest BCUT2D eigenvalue weighted by Crippen LogP contribution is 2.17. The summed E-state index contributed by atoms with van der Waals surface area (Å²) >= 11 is 0. The molecule has 0 saturated carbocycles. The van der Waals surface area contributed by atoms with E-state index in [0.717, 1.165) is 43.7 Å². The lowest BCUT2D eigenvalue weighted by molar-refractivity contribution is 0.683. The third-order valence-electron chi connectivity index (χ3n) is 3.22. The summed E-state index contributed by atoms with van der Waals surface area (Å²) in [7, 11) is 0. The van der Waals surface area contributed by atoms with Crippen molar-refractivity contribution in [3.63, 3.8) is 0 Å². The van der Waals surface area contributed by atoms with Crippen LogP contribution in [0.1, 0.15) is 24.0 Å². The van der Waals surface area contributed by atoms with E-state index < -0.39 is 0 Å². The van der Waals surface area contributed by atoms with Gasteiger partial charge < -0.3 is 10.6 Å². The molecule has 0 atom stereocenters. The second-order valence-corrected chi connectivity index (χ2v) is 4.65. The average Bonchev–Trinajstić information content (AvgIpc) is 2.40. The monoisotopic (exact) mass is 241 g/mol. The van der Waals surface area contributed by atoms with Crippen LogP contribution in [0.2, 0.25) is 0 Å². The molecule has 1 heterocycles. The second kappa shape index (κ2) is 6.23. The van der Waals surface area contributed by atoms with Crippen LogP contribution in [0.15, 0.2) is 29.8 Å². The molecule has 0 aromatic heterocycles. The Morgan fingerprint density at radius 2 is 2.33 bits per heavy atom. The van der Waals surface area contributed by atoms with E-state index >= 15 is 0 Å². The molecule has 0 saturated heterocycles. The van der Waals surface area contributed by atoms with Gasteiger partial charge in [0.1, 0.15) is 6.07 Å². The number of hydrogen-bond donors (Lipinski definition) is 2. The van der Waals surface area contributed by atoms with Crippen molar-refractivity contribution < 1.29 is 0 Å². The van der Waals surface area contributed by atoms with Crippen LogP contribution in [-0.4, -0.2) is 19.6 Å². The molecule has 94 valence electrons. The van der Waals surface area contributed by atoms with Crippen LogP contribution in [-0.2, 0) is 0 Å². The van der Waals surface area contributed by atoms with Gasteiger partial charge in [-0.3, -0.25) is 0 Å². The summed E-state index contributed by atoms with van der Waals surface area (Å²) in [6, 6.07) is 8.11. The molecule has 0 fully saturated rings. The first-order valence-corrected chi connectivity index (χ1v) is 6.43. The molecule has 2 rings (SSSR count). The fraction of sp³-hybridized carbons (Fsp3) is 0.400. The maximum Gasteiger partial charge on any atom is 0.101 e. The topological polar surface area (TPSA) is 47.9 Å². The van der Waals surface area contributed by atoms with Gasteiger partial charge in [0.05, 0.1) is 11.3 Å². The summed E-state index contributed by atoms with van der Waals surface area (Å²) in [6.07, 6.45) is 4.47. The summed E-state index contributed by atoms with van der Waals surface area (Å²) in [4.78, 5) is 0. The molecule has 1 aromatic rings. The molecule has 0 unspecified atom stereocenters. The predicted octanol–water partition coefficient (Wildman–Crippen LogP) is 2.59. The molecule has 0 radical (unpaired) electrons. The van der Waals surface area contributed by atoms with E-state index in [-0.39, 0.29) is 0 Å². The van der Waals surface area contributed by atoms with Gasteiger partial charge in [0.15, 0.2) is 0 Å². The molecule has 0 bridgehead atoms. The quantitative estimate of drug-likeness (QED) is 0.797. The SMILES string of the molecule is Cc1ccc(C#N)c(NCCC2=CCNCC2)c1. The third kappa shape index (κ3) is 3.35. The van der Waals surface area contributed by atoms with Crippen LogP contribution < -0.4 is 10.6 Å². The molecule has 18 heavy (non-hydrogen) atoms. The third-order valence-corrected chi connectivity index (χ3v) is 3.22. The number of nitrogens with one attached hydrogen (secondary N) is 2. The minimum Gasteiger partial charge on any atom is -0.384 e. The van der Waals surface area contributed by atoms with Gasteiger partial charge in [-0.2, -0.15) is 5.26 Å². The van der Waals surface area contributed by atoms with E-state index in [0.29, 0.717) is 0 Å². The van der Waals surface area contributed by atoms with E-state index in [1.807, 2.05) is 25.1 Å². The number of aryl methyl sites for hydroxylation is 1. The summed E-state index contributed by atoms with van der Waals surface area (Å²) < 4.78 is 0. The van der Waals surface area contributed by atoms with Crippen molar-refractivity contribution >= 4 is 5.69 Å². The number of nitrogens with zero attached hydrogens (tertiary/aromatic N) is 1. The van der Waals surface area contributed by atoms with Crippen LogP contribution in [0, 0.1) is 18.3 Å². The van der Waals surface area contributed by atoms with E-state index in [9.17, 15) is 0 Å². The molecule has 2 N–H and O–H groups in total. The van der Waals surface area contributed by atoms with E-state index in [4.69, 9.17) is 5.26 Å². The standard InChI is InChI=1S/C15H19N3/c1-12-2-3-14(11-16)15(10-12)18-9-6-13-4-7-17-8-5-13/h2-4,10,17-18H,5-9H2,1H3. The molecule has 3 nitrogen and oxygen atoms in total. The van der Waals surface area contributed by atoms with Crippen molar-refractivity contribution in [3.05, 3.63) is 41.0 Å². The molecule has 1 aliphatic heterocycles. The van der Waals surface area contributed by atoms with Gasteiger partial charge in [-0.1, -0.05) is 17.7 Å². The van der Waals surface area contributed by atoms with Crippen molar-refractivity contribution in [2.75, 3.05) is 25.0 Å². The minimum absolute atomic E-state index is 0.722. The Bertz CT molecular complexity index is 483. The van der Waals surface area contributed by atoms with Crippen molar-refractivity contribution in [1.29, 1.82) is 5.26 Å². The molecule has 0 aliphatic carbocycles. The molecule has 0 amide bonds. The Morgan fingerprint density at radius 1 is 1.44 bits per heavy atom. The van der Waals surface area contributed by atoms with Gasteiger partial charge in [-0.25, -0.2) is 0 Å². The van der Waals surface area contributed by atoms with Crippen molar-refractivity contribution in [1.82, 2.24) is 5.32 Å². The fourth-order valence-electron chi connectivity index (χ4n) is 2.16. The van der Waals surface area contributed by atoms with E-state index in [1.165, 1.54) is 11.1 Å². The number of anilines is 1. The maximum absolute atomic E-state index is 9.05. The average molecular weight is 241 g/mol. The largest absolute Gasteiger partial charge is 0.384 e. The van der Waals surface area contributed by atoms with Gasteiger partial charge in [0.2, 0.25) is 0 Å². The van der Waals surface area contributed by atoms with Crippen LogP contribution in [0.4, 0.5) is 5.69 Å². The number of nitriles is 1.